The van der Waals surface area contributed by atoms with Gasteiger partial charge in [0.25, 0.3) is 10.1 Å². The quantitative estimate of drug-likeness (QED) is 0.0349. The van der Waals surface area contributed by atoms with Gasteiger partial charge >= 0.3 is 0 Å². The number of rotatable bonds is 30. The monoisotopic (exact) mass is 707 g/mol. The van der Waals surface area contributed by atoms with Gasteiger partial charge in [-0.25, -0.2) is 39.5 Å². The van der Waals surface area contributed by atoms with Crippen molar-refractivity contribution in [3.8, 4) is 0 Å². The Morgan fingerprint density at radius 1 is 0.587 bits per heavy atom. The van der Waals surface area contributed by atoms with Gasteiger partial charge in [-0.1, -0.05) is 116 Å². The van der Waals surface area contributed by atoms with Gasteiger partial charge in [-0.2, -0.15) is 8.42 Å². The highest BCUT2D eigenvalue weighted by molar-refractivity contribution is 7.86. The predicted octanol–water partition coefficient (Wildman–Crippen LogP) is 9.79. The predicted molar refractivity (Wildman–Crippen MR) is 168 cm³/mol. The molecule has 2 N–H and O–H groups in total. The minimum absolute atomic E-state index is 0.312. The molecule has 0 radical (unpaired) electrons. The molecule has 278 valence electrons. The SMILES string of the molecule is C=CCN.CCCCCCCCCCCCCCCCCCCOS(=O)(=O)CC(F)C(F)C(F)C(F)C(F)C(F)C(F)C(F)CF. The molecular weight excluding hydrogens is 649 g/mol. The van der Waals surface area contributed by atoms with Crippen LogP contribution >= 0.6 is 0 Å². The summed E-state index contributed by atoms with van der Waals surface area (Å²) in [7, 11) is -4.69. The first-order valence-electron chi connectivity index (χ1n) is 16.7. The first kappa shape index (κ1) is 47.1. The van der Waals surface area contributed by atoms with E-state index in [0.717, 1.165) is 25.7 Å². The van der Waals surface area contributed by atoms with Gasteiger partial charge in [0, 0.05) is 6.54 Å². The van der Waals surface area contributed by atoms with E-state index in [4.69, 9.17) is 5.73 Å². The molecule has 0 bridgehead atoms. The number of hydrogen-bond donors (Lipinski definition) is 1. The fourth-order valence-electron chi connectivity index (χ4n) is 4.53. The van der Waals surface area contributed by atoms with Crippen LogP contribution in [-0.4, -0.2) is 83.4 Å². The smallest absolute Gasteiger partial charge is 0.270 e. The van der Waals surface area contributed by atoms with Gasteiger partial charge in [0.05, 0.1) is 6.61 Å². The zero-order valence-electron chi connectivity index (χ0n) is 27.4. The lowest BCUT2D eigenvalue weighted by atomic mass is 9.98. The maximum atomic E-state index is 14.0. The average molecular weight is 708 g/mol. The van der Waals surface area contributed by atoms with Crippen molar-refractivity contribution in [1.29, 1.82) is 0 Å². The summed E-state index contributed by atoms with van der Waals surface area (Å²) in [5, 5.41) is 0. The summed E-state index contributed by atoms with van der Waals surface area (Å²) in [6, 6.07) is 0. The van der Waals surface area contributed by atoms with Gasteiger partial charge in [-0.3, -0.25) is 4.18 Å². The highest BCUT2D eigenvalue weighted by atomic mass is 32.2. The number of nitrogens with two attached hydrogens (primary N) is 1. The van der Waals surface area contributed by atoms with Crippen molar-refractivity contribution in [3.05, 3.63) is 12.7 Å². The lowest BCUT2D eigenvalue weighted by Gasteiger charge is -2.25. The average Bonchev–Trinajstić information content (AvgIpc) is 3.04. The molecule has 0 amide bonds. The van der Waals surface area contributed by atoms with Crippen LogP contribution in [0.5, 0.6) is 0 Å². The maximum Gasteiger partial charge on any atom is 0.270 e. The Hall–Kier alpha value is -1.02. The first-order chi connectivity index (χ1) is 21.8. The fraction of sp³-hybridized carbons (Fsp3) is 0.938. The van der Waals surface area contributed by atoms with E-state index in [-0.39, 0.29) is 6.61 Å². The molecule has 0 aromatic carbocycles. The number of halogens is 9. The molecule has 0 aliphatic heterocycles. The van der Waals surface area contributed by atoms with Crippen LogP contribution in [0.2, 0.25) is 0 Å². The van der Waals surface area contributed by atoms with Crippen LogP contribution < -0.4 is 5.73 Å². The molecule has 0 spiro atoms. The van der Waals surface area contributed by atoms with Crippen LogP contribution in [0.15, 0.2) is 12.7 Å². The molecule has 0 heterocycles. The normalized spacial score (nSPS) is 17.2. The molecule has 46 heavy (non-hydrogen) atoms. The summed E-state index contributed by atoms with van der Waals surface area (Å²) in [6.07, 6.45) is -7.74. The second-order valence-corrected chi connectivity index (χ2v) is 13.3. The fourth-order valence-corrected chi connectivity index (χ4v) is 5.58. The van der Waals surface area contributed by atoms with Gasteiger partial charge in [0.2, 0.25) is 0 Å². The van der Waals surface area contributed by atoms with E-state index >= 15 is 0 Å². The molecule has 0 rings (SSSR count). The van der Waals surface area contributed by atoms with Crippen LogP contribution in [0.3, 0.4) is 0 Å². The van der Waals surface area contributed by atoms with Gasteiger partial charge < -0.3 is 5.73 Å². The summed E-state index contributed by atoms with van der Waals surface area (Å²) < 4.78 is 149. The van der Waals surface area contributed by atoms with E-state index in [2.05, 4.69) is 17.7 Å². The van der Waals surface area contributed by atoms with Crippen molar-refractivity contribution in [2.75, 3.05) is 25.6 Å². The van der Waals surface area contributed by atoms with Gasteiger partial charge in [0.1, 0.15) is 12.4 Å². The minimum Gasteiger partial charge on any atom is -0.327 e. The van der Waals surface area contributed by atoms with Gasteiger partial charge in [0.15, 0.2) is 49.4 Å². The maximum absolute atomic E-state index is 14.0. The summed E-state index contributed by atoms with van der Waals surface area (Å²) in [5.74, 6) is -1.71. The molecule has 0 aliphatic carbocycles. The zero-order valence-corrected chi connectivity index (χ0v) is 28.2. The lowest BCUT2D eigenvalue weighted by molar-refractivity contribution is -0.0460. The molecule has 0 aliphatic rings. The largest absolute Gasteiger partial charge is 0.327 e. The lowest BCUT2D eigenvalue weighted by Crippen LogP contribution is -2.47. The summed E-state index contributed by atoms with van der Waals surface area (Å²) in [6.45, 7) is 3.75. The Morgan fingerprint density at radius 2 is 0.891 bits per heavy atom. The van der Waals surface area contributed by atoms with Crippen molar-refractivity contribution < 1.29 is 52.1 Å². The van der Waals surface area contributed by atoms with E-state index in [1.165, 1.54) is 70.6 Å². The van der Waals surface area contributed by atoms with Crippen LogP contribution in [0.25, 0.3) is 0 Å². The van der Waals surface area contributed by atoms with E-state index in [1.54, 1.807) is 6.08 Å². The molecular formula is C32H58F9NO3S. The van der Waals surface area contributed by atoms with Crippen molar-refractivity contribution in [2.45, 2.75) is 165 Å². The van der Waals surface area contributed by atoms with E-state index in [9.17, 15) is 47.9 Å². The summed E-state index contributed by atoms with van der Waals surface area (Å²) in [4.78, 5) is 0. The third kappa shape index (κ3) is 24.2. The molecule has 0 fully saturated rings. The second-order valence-electron chi connectivity index (χ2n) is 11.6. The van der Waals surface area contributed by atoms with Crippen LogP contribution in [0.4, 0.5) is 39.5 Å². The first-order valence-corrected chi connectivity index (χ1v) is 18.2. The number of alkyl halides is 9. The van der Waals surface area contributed by atoms with Gasteiger partial charge in [-0.05, 0) is 6.42 Å². The Morgan fingerprint density at radius 3 is 1.22 bits per heavy atom. The van der Waals surface area contributed by atoms with E-state index in [1.807, 2.05) is 0 Å². The minimum atomic E-state index is -4.69. The van der Waals surface area contributed by atoms with E-state index in [0.29, 0.717) is 19.4 Å². The molecule has 8 atom stereocenters. The molecule has 8 unspecified atom stereocenters. The Labute approximate surface area is 271 Å². The van der Waals surface area contributed by atoms with Gasteiger partial charge in [-0.15, -0.1) is 6.58 Å². The van der Waals surface area contributed by atoms with Crippen LogP contribution in [0.1, 0.15) is 116 Å². The Balaban J connectivity index is 0. The highest BCUT2D eigenvalue weighted by Gasteiger charge is 2.47. The third-order valence-corrected chi connectivity index (χ3v) is 8.65. The van der Waals surface area contributed by atoms with Crippen molar-refractivity contribution in [2.24, 2.45) is 5.73 Å². The van der Waals surface area contributed by atoms with Crippen molar-refractivity contribution in [1.82, 2.24) is 0 Å². The highest BCUT2D eigenvalue weighted by Crippen LogP contribution is 2.28. The topological polar surface area (TPSA) is 69.4 Å². The molecule has 14 heteroatoms. The number of unbranched alkanes of at least 4 members (excludes halogenated alkanes) is 16. The zero-order chi connectivity index (χ0) is 35.4. The Bertz CT molecular complexity index is 801. The molecule has 4 nitrogen and oxygen atoms in total. The van der Waals surface area contributed by atoms with Crippen molar-refractivity contribution in [3.63, 3.8) is 0 Å². The summed E-state index contributed by atoms with van der Waals surface area (Å²) >= 11 is 0. The number of hydrogen-bond acceptors (Lipinski definition) is 4. The Kier molecular flexibility index (Phi) is 30.8. The molecule has 0 saturated carbocycles. The molecule has 0 aromatic heterocycles. The molecule has 0 saturated heterocycles. The summed E-state index contributed by atoms with van der Waals surface area (Å²) in [5.41, 5.74) is 4.91. The van der Waals surface area contributed by atoms with Crippen molar-refractivity contribution >= 4 is 10.1 Å². The van der Waals surface area contributed by atoms with E-state index < -0.39 is 71.9 Å². The standard InChI is InChI=1S/C29H51F9O3S.C3H7N/c1-2-3-4-5-6-7-8-9-10-11-12-13-14-15-16-17-18-19-41-42(39,40)21-23(32)25(34)27(36)29(38)28(37)26(35)24(33)22(31)20-30;1-2-3-4/h22-29H,2-21H2,1H3;2H,1,3-4H2. The second kappa shape index (κ2) is 30.1. The van der Waals surface area contributed by atoms with Crippen LogP contribution in [-0.2, 0) is 14.3 Å². The third-order valence-electron chi connectivity index (χ3n) is 7.40. The van der Waals surface area contributed by atoms with Crippen LogP contribution in [0, 0.1) is 0 Å². The molecule has 0 aromatic rings.